The van der Waals surface area contributed by atoms with Gasteiger partial charge in [-0.05, 0) is 39.3 Å². The minimum absolute atomic E-state index is 0.00569. The quantitative estimate of drug-likeness (QED) is 0.846. The fourth-order valence-corrected chi connectivity index (χ4v) is 2.22. The molecule has 106 valence electrons. The van der Waals surface area contributed by atoms with Gasteiger partial charge in [-0.3, -0.25) is 0 Å². The molecule has 0 saturated carbocycles. The van der Waals surface area contributed by atoms with Crippen molar-refractivity contribution in [2.75, 3.05) is 18.0 Å². The molecule has 0 bridgehead atoms. The molecule has 1 aromatic heterocycles. The van der Waals surface area contributed by atoms with Gasteiger partial charge in [0.25, 0.3) is 0 Å². The maximum absolute atomic E-state index is 5.93. The molecule has 19 heavy (non-hydrogen) atoms. The summed E-state index contributed by atoms with van der Waals surface area (Å²) in [6.07, 6.45) is 0.261. The summed E-state index contributed by atoms with van der Waals surface area (Å²) in [5.74, 6) is 0.539. The second-order valence-corrected chi connectivity index (χ2v) is 5.35. The van der Waals surface area contributed by atoms with E-state index >= 15 is 0 Å². The van der Waals surface area contributed by atoms with Gasteiger partial charge in [-0.2, -0.15) is 15.0 Å². The Morgan fingerprint density at radius 1 is 1.21 bits per heavy atom. The third-order valence-corrected chi connectivity index (χ3v) is 2.79. The van der Waals surface area contributed by atoms with Crippen LogP contribution >= 0.6 is 11.6 Å². The summed E-state index contributed by atoms with van der Waals surface area (Å²) in [6.45, 7) is 9.33. The monoisotopic (exact) mass is 286 g/mol. The number of halogens is 1. The molecule has 2 rings (SSSR count). The standard InChI is InChI=1S/C12H19ClN4O2/c1-7(2)18-12-15-10(13)14-11(16-12)17-5-8(3)19-9(4)6-17/h7-9H,5-6H2,1-4H3. The maximum Gasteiger partial charge on any atom is 0.322 e. The molecule has 1 aromatic rings. The Morgan fingerprint density at radius 2 is 1.84 bits per heavy atom. The predicted molar refractivity (Wildman–Crippen MR) is 72.8 cm³/mol. The van der Waals surface area contributed by atoms with E-state index in [9.17, 15) is 0 Å². The van der Waals surface area contributed by atoms with Crippen LogP contribution in [-0.4, -0.2) is 46.4 Å². The molecule has 2 heterocycles. The summed E-state index contributed by atoms with van der Waals surface area (Å²) in [5.41, 5.74) is 0. The Bertz CT molecular complexity index is 434. The highest BCUT2D eigenvalue weighted by molar-refractivity contribution is 6.28. The van der Waals surface area contributed by atoms with E-state index in [4.69, 9.17) is 21.1 Å². The Morgan fingerprint density at radius 3 is 2.42 bits per heavy atom. The Hall–Kier alpha value is -1.14. The zero-order valence-corrected chi connectivity index (χ0v) is 12.4. The summed E-state index contributed by atoms with van der Waals surface area (Å²) < 4.78 is 11.2. The van der Waals surface area contributed by atoms with Gasteiger partial charge < -0.3 is 14.4 Å². The highest BCUT2D eigenvalue weighted by Crippen LogP contribution is 2.20. The molecule has 0 aromatic carbocycles. The Balaban J connectivity index is 2.21. The van der Waals surface area contributed by atoms with Crippen molar-refractivity contribution >= 4 is 17.5 Å². The molecule has 1 aliphatic heterocycles. The van der Waals surface area contributed by atoms with Crippen LogP contribution < -0.4 is 9.64 Å². The van der Waals surface area contributed by atoms with E-state index < -0.39 is 0 Å². The van der Waals surface area contributed by atoms with Crippen LogP contribution in [-0.2, 0) is 4.74 Å². The van der Waals surface area contributed by atoms with Gasteiger partial charge in [-0.15, -0.1) is 0 Å². The minimum atomic E-state index is -0.00569. The average molecular weight is 287 g/mol. The number of aromatic nitrogens is 3. The SMILES string of the molecule is CC(C)Oc1nc(Cl)nc(N2CC(C)OC(C)C2)n1. The molecule has 7 heteroatoms. The minimum Gasteiger partial charge on any atom is -0.461 e. The third-order valence-electron chi connectivity index (χ3n) is 2.62. The van der Waals surface area contributed by atoms with E-state index in [1.807, 2.05) is 32.6 Å². The number of ether oxygens (including phenoxy) is 2. The summed E-state index contributed by atoms with van der Waals surface area (Å²) in [6, 6.07) is 0.261. The van der Waals surface area contributed by atoms with E-state index in [-0.39, 0.29) is 29.6 Å². The van der Waals surface area contributed by atoms with Gasteiger partial charge >= 0.3 is 6.01 Å². The molecule has 1 saturated heterocycles. The van der Waals surface area contributed by atoms with Crippen molar-refractivity contribution in [1.29, 1.82) is 0 Å². The number of anilines is 1. The van der Waals surface area contributed by atoms with Crippen LogP contribution in [0.25, 0.3) is 0 Å². The number of hydrogen-bond acceptors (Lipinski definition) is 6. The molecule has 6 nitrogen and oxygen atoms in total. The molecule has 1 aliphatic rings. The van der Waals surface area contributed by atoms with E-state index in [1.54, 1.807) is 0 Å². The van der Waals surface area contributed by atoms with E-state index in [0.717, 1.165) is 13.1 Å². The second kappa shape index (κ2) is 5.88. The average Bonchev–Trinajstić information content (AvgIpc) is 2.25. The first kappa shape index (κ1) is 14.3. The van der Waals surface area contributed by atoms with Crippen LogP contribution in [0.3, 0.4) is 0 Å². The fraction of sp³-hybridized carbons (Fsp3) is 0.750. The second-order valence-electron chi connectivity index (χ2n) is 5.02. The number of rotatable bonds is 3. The number of nitrogens with zero attached hydrogens (tertiary/aromatic N) is 4. The first-order valence-corrected chi connectivity index (χ1v) is 6.80. The molecule has 2 atom stereocenters. The topological polar surface area (TPSA) is 60.4 Å². The van der Waals surface area contributed by atoms with Crippen molar-refractivity contribution in [3.8, 4) is 6.01 Å². The molecule has 0 spiro atoms. The van der Waals surface area contributed by atoms with Gasteiger partial charge in [0.05, 0.1) is 18.3 Å². The molecule has 0 amide bonds. The molecule has 0 N–H and O–H groups in total. The first-order valence-electron chi connectivity index (χ1n) is 6.42. The van der Waals surface area contributed by atoms with Crippen LogP contribution in [0, 0.1) is 0 Å². The predicted octanol–water partition coefficient (Wildman–Crippen LogP) is 1.93. The summed E-state index contributed by atoms with van der Waals surface area (Å²) in [4.78, 5) is 14.5. The largest absolute Gasteiger partial charge is 0.461 e. The lowest BCUT2D eigenvalue weighted by atomic mass is 10.2. The van der Waals surface area contributed by atoms with Crippen LogP contribution in [0.2, 0.25) is 5.28 Å². The Kier molecular flexibility index (Phi) is 4.42. The molecule has 1 fully saturated rings. The van der Waals surface area contributed by atoms with Crippen LogP contribution in [0.1, 0.15) is 27.7 Å². The van der Waals surface area contributed by atoms with Gasteiger partial charge in [0.1, 0.15) is 0 Å². The van der Waals surface area contributed by atoms with Crippen molar-refractivity contribution in [3.63, 3.8) is 0 Å². The van der Waals surface area contributed by atoms with Crippen molar-refractivity contribution < 1.29 is 9.47 Å². The lowest BCUT2D eigenvalue weighted by Crippen LogP contribution is -2.46. The smallest absolute Gasteiger partial charge is 0.322 e. The van der Waals surface area contributed by atoms with Gasteiger partial charge in [0.2, 0.25) is 11.2 Å². The number of morpholine rings is 1. The van der Waals surface area contributed by atoms with Gasteiger partial charge in [0.15, 0.2) is 0 Å². The Labute approximate surface area is 118 Å². The van der Waals surface area contributed by atoms with Crippen molar-refractivity contribution in [2.45, 2.75) is 46.0 Å². The zero-order chi connectivity index (χ0) is 14.0. The summed E-state index contributed by atoms with van der Waals surface area (Å²) in [5, 5.41) is 0.146. The van der Waals surface area contributed by atoms with Gasteiger partial charge in [0, 0.05) is 13.1 Å². The maximum atomic E-state index is 5.93. The lowest BCUT2D eigenvalue weighted by Gasteiger charge is -2.35. The van der Waals surface area contributed by atoms with E-state index in [1.165, 1.54) is 0 Å². The fourth-order valence-electron chi connectivity index (χ4n) is 2.07. The first-order chi connectivity index (χ1) is 8.94. The van der Waals surface area contributed by atoms with Crippen LogP contribution in [0.4, 0.5) is 5.95 Å². The van der Waals surface area contributed by atoms with Gasteiger partial charge in [-0.1, -0.05) is 0 Å². The molecule has 0 radical (unpaired) electrons. The van der Waals surface area contributed by atoms with E-state index in [0.29, 0.717) is 5.95 Å². The van der Waals surface area contributed by atoms with E-state index in [2.05, 4.69) is 15.0 Å². The molecular weight excluding hydrogens is 268 g/mol. The number of hydrogen-bond donors (Lipinski definition) is 0. The van der Waals surface area contributed by atoms with Crippen molar-refractivity contribution in [1.82, 2.24) is 15.0 Å². The normalized spacial score (nSPS) is 23.8. The zero-order valence-electron chi connectivity index (χ0n) is 11.6. The highest BCUT2D eigenvalue weighted by Gasteiger charge is 2.25. The molecule has 0 aliphatic carbocycles. The van der Waals surface area contributed by atoms with Gasteiger partial charge in [-0.25, -0.2) is 0 Å². The van der Waals surface area contributed by atoms with Crippen molar-refractivity contribution in [3.05, 3.63) is 5.28 Å². The van der Waals surface area contributed by atoms with Crippen molar-refractivity contribution in [2.24, 2.45) is 0 Å². The highest BCUT2D eigenvalue weighted by atomic mass is 35.5. The lowest BCUT2D eigenvalue weighted by molar-refractivity contribution is -0.00579. The summed E-state index contributed by atoms with van der Waals surface area (Å²) >= 11 is 5.93. The third kappa shape index (κ3) is 3.91. The molecule has 2 unspecified atom stereocenters. The molecular formula is C12H19ClN4O2. The van der Waals surface area contributed by atoms with Crippen LogP contribution in [0.5, 0.6) is 6.01 Å². The summed E-state index contributed by atoms with van der Waals surface area (Å²) in [7, 11) is 0. The van der Waals surface area contributed by atoms with Crippen LogP contribution in [0.15, 0.2) is 0 Å².